The smallest absolute Gasteiger partial charge is 0.409 e. The molecule has 4 rings (SSSR count). The summed E-state index contributed by atoms with van der Waals surface area (Å²) >= 11 is 0. The van der Waals surface area contributed by atoms with E-state index >= 15 is 0 Å². The lowest BCUT2D eigenvalue weighted by Gasteiger charge is -2.23. The molecule has 1 unspecified atom stereocenters. The van der Waals surface area contributed by atoms with Crippen molar-refractivity contribution in [1.82, 2.24) is 4.90 Å². The van der Waals surface area contributed by atoms with Crippen LogP contribution in [-0.4, -0.2) is 41.9 Å². The molecular weight excluding hydrogens is 314 g/mol. The van der Waals surface area contributed by atoms with E-state index in [4.69, 9.17) is 4.74 Å². The van der Waals surface area contributed by atoms with Crippen molar-refractivity contribution in [3.63, 3.8) is 0 Å². The lowest BCUT2D eigenvalue weighted by molar-refractivity contribution is 0.0771. The van der Waals surface area contributed by atoms with Crippen LogP contribution in [0.1, 0.15) is 36.3 Å². The van der Waals surface area contributed by atoms with E-state index in [1.807, 2.05) is 24.3 Å². The van der Waals surface area contributed by atoms with Gasteiger partial charge in [0.25, 0.3) is 0 Å². The first-order chi connectivity index (χ1) is 12.2. The van der Waals surface area contributed by atoms with Gasteiger partial charge in [0.1, 0.15) is 6.61 Å². The minimum atomic E-state index is -0.442. The van der Waals surface area contributed by atoms with Crippen LogP contribution in [0.3, 0.4) is 0 Å². The fraction of sp³-hybridized carbons (Fsp3) is 0.381. The van der Waals surface area contributed by atoms with Gasteiger partial charge in [-0.25, -0.2) is 4.79 Å². The molecule has 1 aliphatic heterocycles. The topological polar surface area (TPSA) is 49.8 Å². The van der Waals surface area contributed by atoms with Gasteiger partial charge in [-0.15, -0.1) is 0 Å². The number of ether oxygens (including phenoxy) is 1. The predicted molar refractivity (Wildman–Crippen MR) is 96.5 cm³/mol. The van der Waals surface area contributed by atoms with Crippen molar-refractivity contribution in [2.75, 3.05) is 19.7 Å². The third-order valence-electron chi connectivity index (χ3n) is 5.24. The van der Waals surface area contributed by atoms with Gasteiger partial charge in [0.2, 0.25) is 0 Å². The number of carbonyl (C=O) groups is 1. The Balaban J connectivity index is 1.50. The molecule has 4 heteroatoms. The molecule has 1 aliphatic carbocycles. The Labute approximate surface area is 148 Å². The highest BCUT2D eigenvalue weighted by molar-refractivity contribution is 5.79. The normalized spacial score (nSPS) is 19.9. The van der Waals surface area contributed by atoms with Gasteiger partial charge in [0.15, 0.2) is 0 Å². The van der Waals surface area contributed by atoms with Gasteiger partial charge in [-0.05, 0) is 41.5 Å². The number of carbonyl (C=O) groups excluding carboxylic acids is 1. The second-order valence-corrected chi connectivity index (χ2v) is 6.90. The lowest BCUT2D eigenvalue weighted by atomic mass is 9.98. The van der Waals surface area contributed by atoms with Crippen molar-refractivity contribution in [3.05, 3.63) is 59.7 Å². The third kappa shape index (κ3) is 3.14. The zero-order valence-electron chi connectivity index (χ0n) is 14.2. The van der Waals surface area contributed by atoms with Crippen LogP contribution >= 0.6 is 0 Å². The number of hydrogen-bond acceptors (Lipinski definition) is 3. The molecule has 0 spiro atoms. The zero-order valence-corrected chi connectivity index (χ0v) is 14.2. The maximum atomic E-state index is 12.5. The van der Waals surface area contributed by atoms with Crippen molar-refractivity contribution in [2.24, 2.45) is 0 Å². The summed E-state index contributed by atoms with van der Waals surface area (Å²) < 4.78 is 5.66. The number of rotatable bonds is 2. The first-order valence-corrected chi connectivity index (χ1v) is 9.02. The number of likely N-dealkylation sites (tertiary alicyclic amines) is 1. The van der Waals surface area contributed by atoms with Crippen molar-refractivity contribution in [3.8, 4) is 11.1 Å². The van der Waals surface area contributed by atoms with E-state index in [9.17, 15) is 9.90 Å². The summed E-state index contributed by atoms with van der Waals surface area (Å²) in [5, 5.41) is 9.90. The van der Waals surface area contributed by atoms with Gasteiger partial charge in [-0.2, -0.15) is 0 Å². The fourth-order valence-electron chi connectivity index (χ4n) is 3.97. The summed E-state index contributed by atoms with van der Waals surface area (Å²) in [4.78, 5) is 14.1. The van der Waals surface area contributed by atoms with Crippen LogP contribution in [0.25, 0.3) is 11.1 Å². The van der Waals surface area contributed by atoms with Gasteiger partial charge in [-0.3, -0.25) is 0 Å². The SMILES string of the molecule is O=C(OCC1c2ccccc2-c2ccccc21)N1CCCCC(O)C1. The minimum absolute atomic E-state index is 0.0771. The summed E-state index contributed by atoms with van der Waals surface area (Å²) in [6.07, 6.45) is 1.87. The number of benzene rings is 2. The van der Waals surface area contributed by atoms with Crippen molar-refractivity contribution < 1.29 is 14.6 Å². The second-order valence-electron chi connectivity index (χ2n) is 6.90. The van der Waals surface area contributed by atoms with Crippen LogP contribution in [0.15, 0.2) is 48.5 Å². The summed E-state index contributed by atoms with van der Waals surface area (Å²) in [5.74, 6) is 0.0771. The van der Waals surface area contributed by atoms with Crippen molar-refractivity contribution in [2.45, 2.75) is 31.3 Å². The molecule has 4 nitrogen and oxygen atoms in total. The molecule has 0 bridgehead atoms. The van der Waals surface area contributed by atoms with Gasteiger partial charge in [-0.1, -0.05) is 48.5 Å². The summed E-state index contributed by atoms with van der Waals surface area (Å²) in [7, 11) is 0. The number of aliphatic hydroxyl groups excluding tert-OH is 1. The molecule has 1 heterocycles. The van der Waals surface area contributed by atoms with Gasteiger partial charge >= 0.3 is 6.09 Å². The van der Waals surface area contributed by atoms with E-state index in [0.29, 0.717) is 19.7 Å². The summed E-state index contributed by atoms with van der Waals surface area (Å²) in [5.41, 5.74) is 4.88. The van der Waals surface area contributed by atoms with E-state index in [2.05, 4.69) is 24.3 Å². The maximum absolute atomic E-state index is 12.5. The fourth-order valence-corrected chi connectivity index (χ4v) is 3.97. The van der Waals surface area contributed by atoms with Crippen LogP contribution in [0.2, 0.25) is 0 Å². The van der Waals surface area contributed by atoms with Crippen LogP contribution in [0.4, 0.5) is 4.79 Å². The molecule has 2 aromatic rings. The van der Waals surface area contributed by atoms with Crippen LogP contribution in [-0.2, 0) is 4.74 Å². The number of fused-ring (bicyclic) bond motifs is 3. The van der Waals surface area contributed by atoms with Gasteiger partial charge < -0.3 is 14.7 Å². The van der Waals surface area contributed by atoms with E-state index in [-0.39, 0.29) is 12.0 Å². The second kappa shape index (κ2) is 6.89. The molecule has 1 saturated heterocycles. The average Bonchev–Trinajstić information content (AvgIpc) is 2.78. The average molecular weight is 337 g/mol. The third-order valence-corrected chi connectivity index (χ3v) is 5.24. The Bertz CT molecular complexity index is 728. The Kier molecular flexibility index (Phi) is 4.45. The monoisotopic (exact) mass is 337 g/mol. The van der Waals surface area contributed by atoms with Gasteiger partial charge in [0.05, 0.1) is 6.10 Å². The molecule has 1 amide bonds. The maximum Gasteiger partial charge on any atom is 0.409 e. The molecule has 0 saturated carbocycles. The summed E-state index contributed by atoms with van der Waals surface area (Å²) in [6.45, 7) is 1.36. The molecule has 1 fully saturated rings. The van der Waals surface area contributed by atoms with Crippen LogP contribution < -0.4 is 0 Å². The largest absolute Gasteiger partial charge is 0.448 e. The molecule has 25 heavy (non-hydrogen) atoms. The first kappa shape index (κ1) is 16.2. The molecule has 130 valence electrons. The highest BCUT2D eigenvalue weighted by Crippen LogP contribution is 2.44. The Morgan fingerprint density at radius 3 is 2.36 bits per heavy atom. The van der Waals surface area contributed by atoms with E-state index < -0.39 is 6.10 Å². The highest BCUT2D eigenvalue weighted by atomic mass is 16.6. The summed E-state index contributed by atoms with van der Waals surface area (Å²) in [6, 6.07) is 16.6. The Morgan fingerprint density at radius 2 is 1.68 bits per heavy atom. The quantitative estimate of drug-likeness (QED) is 0.907. The van der Waals surface area contributed by atoms with Crippen molar-refractivity contribution >= 4 is 6.09 Å². The van der Waals surface area contributed by atoms with Crippen LogP contribution in [0, 0.1) is 0 Å². The van der Waals surface area contributed by atoms with E-state index in [1.54, 1.807) is 4.90 Å². The molecule has 0 aromatic heterocycles. The Hall–Kier alpha value is -2.33. The standard InChI is InChI=1S/C21H23NO3/c23-15-7-5-6-12-22(13-15)21(24)25-14-20-18-10-3-1-8-16(18)17-9-2-4-11-19(17)20/h1-4,8-11,15,20,23H,5-7,12-14H2. The lowest BCUT2D eigenvalue weighted by Crippen LogP contribution is -2.37. The molecule has 2 aromatic carbocycles. The van der Waals surface area contributed by atoms with Crippen LogP contribution in [0.5, 0.6) is 0 Å². The number of nitrogens with zero attached hydrogens (tertiary/aromatic N) is 1. The first-order valence-electron chi connectivity index (χ1n) is 9.02. The molecular formula is C21H23NO3. The molecule has 1 atom stereocenters. The Morgan fingerprint density at radius 1 is 1.04 bits per heavy atom. The van der Waals surface area contributed by atoms with Gasteiger partial charge in [0, 0.05) is 19.0 Å². The number of β-amino-alcohol motifs (C(OH)–C–C–N with tert-alkyl or cyclic N) is 1. The molecule has 0 radical (unpaired) electrons. The minimum Gasteiger partial charge on any atom is -0.448 e. The number of hydrogen-bond donors (Lipinski definition) is 1. The van der Waals surface area contributed by atoms with Crippen molar-refractivity contribution in [1.29, 1.82) is 0 Å². The molecule has 1 N–H and O–H groups in total. The number of aliphatic hydroxyl groups is 1. The zero-order chi connectivity index (χ0) is 17.2. The number of amides is 1. The highest BCUT2D eigenvalue weighted by Gasteiger charge is 2.30. The molecule has 2 aliphatic rings. The van der Waals surface area contributed by atoms with E-state index in [1.165, 1.54) is 22.3 Å². The predicted octanol–water partition coefficient (Wildman–Crippen LogP) is 3.78. The van der Waals surface area contributed by atoms with E-state index in [0.717, 1.165) is 19.3 Å².